The molecule has 0 aromatic heterocycles. The van der Waals surface area contributed by atoms with Crippen molar-refractivity contribution in [2.75, 3.05) is 0 Å². The highest BCUT2D eigenvalue weighted by Gasteiger charge is 2.11. The molecule has 7 heteroatoms. The summed E-state index contributed by atoms with van der Waals surface area (Å²) in [5, 5.41) is 11.0. The molecule has 0 aliphatic carbocycles. The fourth-order valence-corrected chi connectivity index (χ4v) is 1.06. The summed E-state index contributed by atoms with van der Waals surface area (Å²) in [5.41, 5.74) is 4.66. The number of benzene rings is 1. The molecular formula is C10H10F2N4O. The van der Waals surface area contributed by atoms with Crippen LogP contribution in [-0.2, 0) is 4.79 Å². The number of carbonyl (C=O) groups excluding carboxylic acids is 1. The lowest BCUT2D eigenvalue weighted by atomic mass is 10.2. The minimum Gasteiger partial charge on any atom is -0.368 e. The van der Waals surface area contributed by atoms with Gasteiger partial charge in [0.05, 0.1) is 11.8 Å². The van der Waals surface area contributed by atoms with Gasteiger partial charge in [0.1, 0.15) is 11.6 Å². The predicted molar refractivity (Wildman–Crippen MR) is 58.4 cm³/mol. The fourth-order valence-electron chi connectivity index (χ4n) is 1.06. The average Bonchev–Trinajstić information content (AvgIpc) is 2.21. The normalized spacial score (nSPS) is 10.5. The Morgan fingerprint density at radius 1 is 1.47 bits per heavy atom. The molecular weight excluding hydrogens is 230 g/mol. The Morgan fingerprint density at radius 2 is 2.00 bits per heavy atom. The summed E-state index contributed by atoms with van der Waals surface area (Å²) in [4.78, 5) is 11.0. The smallest absolute Gasteiger partial charge is 0.246 e. The van der Waals surface area contributed by atoms with E-state index in [2.05, 4.69) is 5.10 Å². The van der Waals surface area contributed by atoms with Gasteiger partial charge in [-0.15, -0.1) is 0 Å². The van der Waals surface area contributed by atoms with Crippen LogP contribution in [0.4, 0.5) is 8.78 Å². The molecule has 0 saturated carbocycles. The monoisotopic (exact) mass is 240 g/mol. The van der Waals surface area contributed by atoms with Crippen LogP contribution in [0.1, 0.15) is 12.5 Å². The Bertz CT molecular complexity index is 453. The number of carbonyl (C=O) groups is 1. The Labute approximate surface area is 96.0 Å². The zero-order chi connectivity index (χ0) is 13.0. The second kappa shape index (κ2) is 5.15. The maximum atomic E-state index is 13.2. The number of nitrogens with two attached hydrogens (primary N) is 1. The molecule has 0 radical (unpaired) electrons. The Morgan fingerprint density at radius 3 is 2.41 bits per heavy atom. The zero-order valence-electron chi connectivity index (χ0n) is 8.95. The van der Waals surface area contributed by atoms with Crippen molar-refractivity contribution in [2.45, 2.75) is 6.92 Å². The molecule has 0 spiro atoms. The molecule has 0 aliphatic heterocycles. The number of guanidine groups is 1. The Balaban J connectivity index is 3.04. The van der Waals surface area contributed by atoms with Crippen molar-refractivity contribution in [3.05, 3.63) is 35.4 Å². The Hall–Kier alpha value is -2.31. The van der Waals surface area contributed by atoms with E-state index in [0.29, 0.717) is 5.01 Å². The third-order valence-electron chi connectivity index (χ3n) is 1.83. The van der Waals surface area contributed by atoms with E-state index < -0.39 is 29.1 Å². The van der Waals surface area contributed by atoms with Crippen LogP contribution in [0.5, 0.6) is 0 Å². The van der Waals surface area contributed by atoms with Crippen molar-refractivity contribution < 1.29 is 13.6 Å². The molecule has 1 rings (SSSR count). The zero-order valence-corrected chi connectivity index (χ0v) is 8.95. The number of nitrogens with one attached hydrogen (secondary N) is 1. The van der Waals surface area contributed by atoms with Gasteiger partial charge >= 0.3 is 0 Å². The molecule has 0 aliphatic rings. The summed E-state index contributed by atoms with van der Waals surface area (Å²) in [6, 6.07) is 3.31. The molecule has 0 bridgehead atoms. The van der Waals surface area contributed by atoms with Gasteiger partial charge in [-0.1, -0.05) is 6.07 Å². The van der Waals surface area contributed by atoms with Crippen LogP contribution < -0.4 is 5.73 Å². The molecule has 3 N–H and O–H groups in total. The van der Waals surface area contributed by atoms with Crippen LogP contribution in [0, 0.1) is 17.0 Å². The molecule has 0 heterocycles. The minimum atomic E-state index is -0.819. The van der Waals surface area contributed by atoms with E-state index in [-0.39, 0.29) is 0 Å². The number of nitrogens with zero attached hydrogens (tertiary/aromatic N) is 2. The maximum Gasteiger partial charge on any atom is 0.246 e. The maximum absolute atomic E-state index is 13.2. The van der Waals surface area contributed by atoms with Crippen molar-refractivity contribution >= 4 is 18.1 Å². The summed E-state index contributed by atoms with van der Waals surface area (Å²) >= 11 is 0. The summed E-state index contributed by atoms with van der Waals surface area (Å²) in [6.07, 6.45) is 0.799. The number of hydrazone groups is 1. The van der Waals surface area contributed by atoms with Gasteiger partial charge in [-0.2, -0.15) is 10.1 Å². The van der Waals surface area contributed by atoms with Crippen molar-refractivity contribution in [1.29, 1.82) is 5.41 Å². The summed E-state index contributed by atoms with van der Waals surface area (Å²) < 4.78 is 26.4. The lowest BCUT2D eigenvalue weighted by molar-refractivity contribution is -0.125. The molecule has 0 fully saturated rings. The average molecular weight is 240 g/mol. The highest BCUT2D eigenvalue weighted by molar-refractivity contribution is 5.94. The van der Waals surface area contributed by atoms with Crippen LogP contribution in [0.2, 0.25) is 0 Å². The third kappa shape index (κ3) is 3.07. The highest BCUT2D eigenvalue weighted by Crippen LogP contribution is 2.09. The van der Waals surface area contributed by atoms with Crippen molar-refractivity contribution in [3.8, 4) is 0 Å². The van der Waals surface area contributed by atoms with E-state index in [0.717, 1.165) is 25.3 Å². The molecule has 0 unspecified atom stereocenters. The van der Waals surface area contributed by atoms with E-state index in [1.165, 1.54) is 6.07 Å². The number of hydrogen-bond acceptors (Lipinski definition) is 3. The van der Waals surface area contributed by atoms with Crippen molar-refractivity contribution in [1.82, 2.24) is 5.01 Å². The van der Waals surface area contributed by atoms with Crippen LogP contribution in [0.25, 0.3) is 0 Å². The molecule has 0 saturated heterocycles. The first kappa shape index (κ1) is 12.8. The number of halogens is 2. The van der Waals surface area contributed by atoms with Gasteiger partial charge in [-0.3, -0.25) is 10.2 Å². The molecule has 17 heavy (non-hydrogen) atoms. The van der Waals surface area contributed by atoms with Crippen LogP contribution in [0.3, 0.4) is 0 Å². The topological polar surface area (TPSA) is 82.5 Å². The van der Waals surface area contributed by atoms with Crippen LogP contribution in [0.15, 0.2) is 23.3 Å². The Kier molecular flexibility index (Phi) is 3.86. The number of amides is 1. The van der Waals surface area contributed by atoms with Gasteiger partial charge in [0.15, 0.2) is 0 Å². The lowest BCUT2D eigenvalue weighted by Crippen LogP contribution is -2.35. The highest BCUT2D eigenvalue weighted by atomic mass is 19.1. The van der Waals surface area contributed by atoms with E-state index in [4.69, 9.17) is 11.1 Å². The molecule has 1 aromatic carbocycles. The third-order valence-corrected chi connectivity index (χ3v) is 1.83. The van der Waals surface area contributed by atoms with Gasteiger partial charge in [0.25, 0.3) is 0 Å². The van der Waals surface area contributed by atoms with Crippen LogP contribution >= 0.6 is 0 Å². The van der Waals surface area contributed by atoms with Crippen molar-refractivity contribution in [2.24, 2.45) is 10.8 Å². The number of hydrogen-bond donors (Lipinski definition) is 2. The summed E-state index contributed by atoms with van der Waals surface area (Å²) in [5.74, 6) is -2.90. The second-order valence-electron chi connectivity index (χ2n) is 3.10. The summed E-state index contributed by atoms with van der Waals surface area (Å²) in [6.45, 7) is 1.12. The van der Waals surface area contributed by atoms with Gasteiger partial charge in [-0.05, 0) is 12.1 Å². The first-order chi connectivity index (χ1) is 7.93. The molecule has 90 valence electrons. The predicted octanol–water partition coefficient (Wildman–Crippen LogP) is 1.04. The molecule has 1 amide bonds. The van der Waals surface area contributed by atoms with Gasteiger partial charge in [0.2, 0.25) is 11.9 Å². The van der Waals surface area contributed by atoms with Crippen molar-refractivity contribution in [3.63, 3.8) is 0 Å². The fraction of sp³-hybridized carbons (Fsp3) is 0.100. The summed E-state index contributed by atoms with van der Waals surface area (Å²) in [7, 11) is 0. The number of rotatable bonds is 2. The lowest BCUT2D eigenvalue weighted by Gasteiger charge is -2.11. The SMILES string of the molecule is CC(=O)N(/N=C/c1c(F)cccc1F)C(=N)N. The second-order valence-corrected chi connectivity index (χ2v) is 3.10. The standard InChI is InChI=1S/C10H10F2N4O/c1-6(17)16(10(13)14)15-5-7-8(11)3-2-4-9(7)12/h2-5H,1H3,(H3,13,14)/b15-5+. The quantitative estimate of drug-likeness (QED) is 0.460. The molecule has 0 atom stereocenters. The first-order valence-electron chi connectivity index (χ1n) is 4.56. The van der Waals surface area contributed by atoms with E-state index in [1.54, 1.807) is 0 Å². The first-order valence-corrected chi connectivity index (χ1v) is 4.56. The van der Waals surface area contributed by atoms with Gasteiger partial charge in [0, 0.05) is 6.92 Å². The van der Waals surface area contributed by atoms with Gasteiger partial charge in [-0.25, -0.2) is 8.78 Å². The minimum absolute atomic E-state index is 0.403. The van der Waals surface area contributed by atoms with Crippen LogP contribution in [-0.4, -0.2) is 23.1 Å². The molecule has 5 nitrogen and oxygen atoms in total. The largest absolute Gasteiger partial charge is 0.368 e. The van der Waals surface area contributed by atoms with E-state index in [9.17, 15) is 13.6 Å². The van der Waals surface area contributed by atoms with E-state index >= 15 is 0 Å². The molecule has 1 aromatic rings. The van der Waals surface area contributed by atoms with E-state index in [1.807, 2.05) is 0 Å². The van der Waals surface area contributed by atoms with Gasteiger partial charge < -0.3 is 5.73 Å².